The molecule has 6 rings (SSSR count). The summed E-state index contributed by atoms with van der Waals surface area (Å²) in [6, 6.07) is 11.2. The maximum Gasteiger partial charge on any atom is 0.264 e. The maximum atomic E-state index is 13.4. The summed E-state index contributed by atoms with van der Waals surface area (Å²) in [4.78, 5) is 15.7. The van der Waals surface area contributed by atoms with Gasteiger partial charge in [0, 0.05) is 30.8 Å². The van der Waals surface area contributed by atoms with Crippen LogP contribution in [0.15, 0.2) is 48.6 Å². The summed E-state index contributed by atoms with van der Waals surface area (Å²) in [6.07, 6.45) is 10.5. The highest BCUT2D eigenvalue weighted by Gasteiger charge is 2.59. The van der Waals surface area contributed by atoms with Crippen molar-refractivity contribution in [3.63, 3.8) is 0 Å². The molecule has 9 heteroatoms. The molecule has 2 aromatic rings. The molecule has 2 saturated carbocycles. The van der Waals surface area contributed by atoms with Crippen molar-refractivity contribution in [1.82, 2.24) is 4.72 Å². The zero-order valence-electron chi connectivity index (χ0n) is 23.8. The Morgan fingerprint density at radius 2 is 1.98 bits per heavy atom. The summed E-state index contributed by atoms with van der Waals surface area (Å²) in [5, 5.41) is 0.722. The molecule has 5 atom stereocenters. The number of hydrogen-bond donors (Lipinski definition) is 1. The largest absolute Gasteiger partial charge is 0.487 e. The van der Waals surface area contributed by atoms with Gasteiger partial charge >= 0.3 is 0 Å². The number of fused-ring (bicyclic) bond motifs is 4. The third-order valence-corrected chi connectivity index (χ3v) is 12.2. The third-order valence-electron chi connectivity index (χ3n) is 9.81. The highest BCUT2D eigenvalue weighted by Crippen LogP contribution is 2.52. The molecule has 2 aliphatic carbocycles. The molecule has 1 amide bonds. The quantitative estimate of drug-likeness (QED) is 0.411. The molecule has 2 aromatic carbocycles. The van der Waals surface area contributed by atoms with Gasteiger partial charge in [0.2, 0.25) is 10.0 Å². The van der Waals surface area contributed by atoms with Gasteiger partial charge in [-0.3, -0.25) is 4.79 Å². The van der Waals surface area contributed by atoms with E-state index in [-0.39, 0.29) is 12.0 Å². The van der Waals surface area contributed by atoms with Gasteiger partial charge in [-0.05, 0) is 111 Å². The van der Waals surface area contributed by atoms with Crippen molar-refractivity contribution < 1.29 is 22.7 Å². The third kappa shape index (κ3) is 5.63. The molecule has 0 saturated heterocycles. The number of aryl methyl sites for hydroxylation is 1. The molecule has 7 nitrogen and oxygen atoms in total. The second kappa shape index (κ2) is 11.3. The van der Waals surface area contributed by atoms with Crippen LogP contribution in [0.1, 0.15) is 66.9 Å². The molecule has 2 aliphatic heterocycles. The van der Waals surface area contributed by atoms with E-state index in [1.165, 1.54) is 5.56 Å². The van der Waals surface area contributed by atoms with Crippen LogP contribution in [0.5, 0.6) is 5.75 Å². The van der Waals surface area contributed by atoms with Gasteiger partial charge in [0.05, 0.1) is 16.5 Å². The van der Waals surface area contributed by atoms with Crippen LogP contribution in [0.2, 0.25) is 5.02 Å². The van der Waals surface area contributed by atoms with Crippen LogP contribution in [0.3, 0.4) is 0 Å². The van der Waals surface area contributed by atoms with Crippen LogP contribution in [-0.4, -0.2) is 45.4 Å². The first-order chi connectivity index (χ1) is 19.7. The molecule has 0 unspecified atom stereocenters. The van der Waals surface area contributed by atoms with Crippen molar-refractivity contribution in [2.45, 2.75) is 69.3 Å². The number of methoxy groups -OCH3 is 1. The van der Waals surface area contributed by atoms with Crippen molar-refractivity contribution in [3.8, 4) is 5.75 Å². The standard InChI is InChI=1S/C32H39ClN2O5S/c1-32-18-25(32)7-5-8-29(39-2)27-13-10-23(27)19-35-15-4-3-6-21-16-26(33)12-9-24(21)20-40-30-14-11-22(17-28(30)35)31(36)34-41(32,37)38/h5,8-9,11-12,14,16-17,23,25,27,29H,3-4,6-7,10,13,15,18-20H2,1-2H3,(H,34,36)/b8-5-/t23-,25+,27+,29-,32+/m0/s1. The molecular weight excluding hydrogens is 560 g/mol. The van der Waals surface area contributed by atoms with Gasteiger partial charge in [0.1, 0.15) is 12.4 Å². The number of hydrogen-bond acceptors (Lipinski definition) is 6. The average molecular weight is 599 g/mol. The zero-order chi connectivity index (χ0) is 28.8. The zero-order valence-corrected chi connectivity index (χ0v) is 25.3. The Bertz CT molecular complexity index is 1460. The number of carbonyl (C=O) groups excluding carboxylic acids is 1. The van der Waals surface area contributed by atoms with Gasteiger partial charge in [0.25, 0.3) is 5.91 Å². The van der Waals surface area contributed by atoms with E-state index in [2.05, 4.69) is 21.8 Å². The Morgan fingerprint density at radius 3 is 2.76 bits per heavy atom. The first kappa shape index (κ1) is 28.6. The molecule has 41 heavy (non-hydrogen) atoms. The Kier molecular flexibility index (Phi) is 7.85. The normalized spacial score (nSPS) is 32.0. The van der Waals surface area contributed by atoms with E-state index >= 15 is 0 Å². The molecule has 0 radical (unpaired) electrons. The van der Waals surface area contributed by atoms with Crippen molar-refractivity contribution >= 4 is 33.2 Å². The lowest BCUT2D eigenvalue weighted by atomic mass is 9.70. The number of nitrogens with zero attached hydrogens (tertiary/aromatic N) is 1. The number of carbonyl (C=O) groups is 1. The number of ether oxygens (including phenoxy) is 2. The molecule has 2 bridgehead atoms. The van der Waals surface area contributed by atoms with Crippen LogP contribution in [0, 0.1) is 17.8 Å². The Morgan fingerprint density at radius 1 is 1.12 bits per heavy atom. The van der Waals surface area contributed by atoms with E-state index in [9.17, 15) is 13.2 Å². The van der Waals surface area contributed by atoms with Crippen molar-refractivity contribution in [1.29, 1.82) is 0 Å². The second-order valence-corrected chi connectivity index (χ2v) is 14.9. The van der Waals surface area contributed by atoms with E-state index in [4.69, 9.17) is 21.1 Å². The smallest absolute Gasteiger partial charge is 0.264 e. The number of allylic oxidation sites excluding steroid dienone is 1. The van der Waals surface area contributed by atoms with Gasteiger partial charge < -0.3 is 14.4 Å². The van der Waals surface area contributed by atoms with E-state index in [1.54, 1.807) is 32.2 Å². The fraction of sp³-hybridized carbons (Fsp3) is 0.531. The minimum Gasteiger partial charge on any atom is -0.487 e. The van der Waals surface area contributed by atoms with Crippen LogP contribution in [0.4, 0.5) is 5.69 Å². The summed E-state index contributed by atoms with van der Waals surface area (Å²) < 4.78 is 40.4. The lowest BCUT2D eigenvalue weighted by Crippen LogP contribution is -2.44. The Labute approximate surface area is 248 Å². The molecule has 0 aromatic heterocycles. The fourth-order valence-electron chi connectivity index (χ4n) is 6.78. The van der Waals surface area contributed by atoms with Crippen molar-refractivity contribution in [2.24, 2.45) is 17.8 Å². The lowest BCUT2D eigenvalue weighted by molar-refractivity contribution is 0.0134. The van der Waals surface area contributed by atoms with Gasteiger partial charge in [-0.2, -0.15) is 0 Å². The van der Waals surface area contributed by atoms with E-state index in [1.807, 2.05) is 18.2 Å². The molecule has 2 fully saturated rings. The first-order valence-electron chi connectivity index (χ1n) is 14.7. The summed E-state index contributed by atoms with van der Waals surface area (Å²) in [5.74, 6) is 0.884. The van der Waals surface area contributed by atoms with Gasteiger partial charge in [-0.15, -0.1) is 0 Å². The predicted octanol–water partition coefficient (Wildman–Crippen LogP) is 5.90. The Balaban J connectivity index is 1.39. The van der Waals surface area contributed by atoms with Crippen LogP contribution in [-0.2, 0) is 27.8 Å². The number of amides is 1. The average Bonchev–Trinajstić information content (AvgIpc) is 3.61. The van der Waals surface area contributed by atoms with Crippen molar-refractivity contribution in [3.05, 3.63) is 70.3 Å². The van der Waals surface area contributed by atoms with E-state index < -0.39 is 20.7 Å². The minimum absolute atomic E-state index is 0.00629. The highest BCUT2D eigenvalue weighted by molar-refractivity contribution is 7.91. The van der Waals surface area contributed by atoms with Gasteiger partial charge in [-0.25, -0.2) is 13.1 Å². The fourth-order valence-corrected chi connectivity index (χ4v) is 8.52. The van der Waals surface area contributed by atoms with Crippen LogP contribution in [0.25, 0.3) is 0 Å². The number of anilines is 1. The Hall–Kier alpha value is -2.55. The number of benzene rings is 2. The molecule has 2 heterocycles. The van der Waals surface area contributed by atoms with Crippen LogP contribution >= 0.6 is 11.6 Å². The predicted molar refractivity (Wildman–Crippen MR) is 161 cm³/mol. The topological polar surface area (TPSA) is 84.9 Å². The van der Waals surface area contributed by atoms with Gasteiger partial charge in [-0.1, -0.05) is 29.8 Å². The first-order valence-corrected chi connectivity index (χ1v) is 16.6. The molecule has 220 valence electrons. The van der Waals surface area contributed by atoms with E-state index in [0.29, 0.717) is 42.6 Å². The number of rotatable bonds is 1. The maximum absolute atomic E-state index is 13.4. The summed E-state index contributed by atoms with van der Waals surface area (Å²) >= 11 is 6.32. The summed E-state index contributed by atoms with van der Waals surface area (Å²) in [7, 11) is -2.10. The number of nitrogens with one attached hydrogen (secondary N) is 1. The number of halogens is 1. The lowest BCUT2D eigenvalue weighted by Gasteiger charge is -2.43. The van der Waals surface area contributed by atoms with Crippen molar-refractivity contribution in [2.75, 3.05) is 25.1 Å². The second-order valence-electron chi connectivity index (χ2n) is 12.3. The van der Waals surface area contributed by atoms with E-state index in [0.717, 1.165) is 61.5 Å². The molecule has 0 spiro atoms. The van der Waals surface area contributed by atoms with Gasteiger partial charge in [0.15, 0.2) is 0 Å². The summed E-state index contributed by atoms with van der Waals surface area (Å²) in [6.45, 7) is 3.73. The van der Waals surface area contributed by atoms with Crippen LogP contribution < -0.4 is 14.4 Å². The monoisotopic (exact) mass is 598 g/mol. The molecular formula is C32H39ClN2O5S. The SMILES string of the molecule is CO[C@H]1/C=C\C[C@@H]2C[C@@]2(C)S(=O)(=O)NC(=O)c2ccc3c(c2)N(CCCCc2cc(Cl)ccc2CO3)C[C@@H]2CC[C@H]21. The molecule has 1 N–H and O–H groups in total. The highest BCUT2D eigenvalue weighted by atomic mass is 35.5. The minimum atomic E-state index is -3.86. The summed E-state index contributed by atoms with van der Waals surface area (Å²) in [5.41, 5.74) is 3.43. The number of sulfonamides is 1. The molecule has 4 aliphatic rings.